The fourth-order valence-electron chi connectivity index (χ4n) is 2.15. The van der Waals surface area contributed by atoms with Gasteiger partial charge >= 0.3 is 0 Å². The number of rotatable bonds is 7. The highest BCUT2D eigenvalue weighted by Crippen LogP contribution is 2.64. The predicted molar refractivity (Wildman–Crippen MR) is 78.3 cm³/mol. The van der Waals surface area contributed by atoms with Crippen molar-refractivity contribution < 1.29 is 28.0 Å². The van der Waals surface area contributed by atoms with Crippen molar-refractivity contribution in [2.75, 3.05) is 11.6 Å². The molecule has 0 spiro atoms. The molecule has 0 heterocycles. The van der Waals surface area contributed by atoms with Gasteiger partial charge in [0, 0.05) is 21.4 Å². The van der Waals surface area contributed by atoms with Gasteiger partial charge in [-0.1, -0.05) is 36.4 Å². The number of benzene rings is 2. The van der Waals surface area contributed by atoms with Gasteiger partial charge in [0.05, 0.1) is 20.6 Å². The third-order valence-corrected chi connectivity index (χ3v) is 7.67. The van der Waals surface area contributed by atoms with Crippen molar-refractivity contribution >= 4 is 21.9 Å². The Morgan fingerprint density at radius 2 is 1.32 bits per heavy atom. The van der Waals surface area contributed by atoms with Crippen molar-refractivity contribution in [1.82, 2.24) is 0 Å². The van der Waals surface area contributed by atoms with E-state index in [-0.39, 0.29) is 0 Å². The first-order chi connectivity index (χ1) is 10.5. The highest BCUT2D eigenvalue weighted by atomic mass is 35.7. The lowest BCUT2D eigenvalue weighted by Gasteiger charge is -2.34. The van der Waals surface area contributed by atoms with Gasteiger partial charge in [-0.3, -0.25) is 0 Å². The lowest BCUT2D eigenvalue weighted by Crippen LogP contribution is -2.61. The third kappa shape index (κ3) is 4.36. The van der Waals surface area contributed by atoms with Crippen LogP contribution in [0.5, 0.6) is 0 Å². The van der Waals surface area contributed by atoms with E-state index < -0.39 is 20.6 Å². The van der Waals surface area contributed by atoms with Crippen LogP contribution in [0.2, 0.25) is 0 Å². The SMILES string of the molecule is [O-][Cl+3]([O-])([O-])OS(CCCCl)(c1ccccc1)c1ccccc1. The molecule has 4 nitrogen and oxygen atoms in total. The molecule has 0 aromatic heterocycles. The fraction of sp³-hybridized carbons (Fsp3) is 0.200. The summed E-state index contributed by atoms with van der Waals surface area (Å²) in [6.07, 6.45) is 0.533. The minimum atomic E-state index is -4.56. The summed E-state index contributed by atoms with van der Waals surface area (Å²) in [6, 6.07) is 17.9. The van der Waals surface area contributed by atoms with Crippen molar-refractivity contribution in [2.24, 2.45) is 0 Å². The van der Waals surface area contributed by atoms with Gasteiger partial charge in [0.15, 0.2) is 0 Å². The minimum Gasteiger partial charge on any atom is -0.182 e. The Kier molecular flexibility index (Phi) is 6.11. The van der Waals surface area contributed by atoms with Gasteiger partial charge in [0.25, 0.3) is 0 Å². The van der Waals surface area contributed by atoms with E-state index in [1.165, 1.54) is 0 Å². The Morgan fingerprint density at radius 3 is 1.68 bits per heavy atom. The molecule has 0 saturated heterocycles. The first kappa shape index (κ1) is 17.6. The van der Waals surface area contributed by atoms with E-state index in [1.807, 2.05) is 12.1 Å². The smallest absolute Gasteiger partial charge is 0.130 e. The van der Waals surface area contributed by atoms with Crippen LogP contribution in [0.1, 0.15) is 6.42 Å². The maximum atomic E-state index is 11.3. The topological polar surface area (TPSA) is 78.4 Å². The maximum Gasteiger partial charge on any atom is 0.130 e. The number of halogens is 2. The quantitative estimate of drug-likeness (QED) is 0.696. The number of hydrogen-bond donors (Lipinski definition) is 0. The summed E-state index contributed by atoms with van der Waals surface area (Å²) >= 11 is 5.78. The number of alkyl halides is 1. The van der Waals surface area contributed by atoms with Crippen LogP contribution in [0.15, 0.2) is 70.5 Å². The second-order valence-corrected chi connectivity index (χ2v) is 8.83. The lowest BCUT2D eigenvalue weighted by atomic mass is 10.4. The van der Waals surface area contributed by atoms with E-state index in [0.717, 1.165) is 0 Å². The molecule has 0 radical (unpaired) electrons. The maximum absolute atomic E-state index is 11.3. The zero-order chi connectivity index (χ0) is 16.1. The first-order valence-electron chi connectivity index (χ1n) is 6.57. The Labute approximate surface area is 138 Å². The lowest BCUT2D eigenvalue weighted by molar-refractivity contribution is -1.91. The van der Waals surface area contributed by atoms with Gasteiger partial charge in [-0.2, -0.15) is 14.0 Å². The summed E-state index contributed by atoms with van der Waals surface area (Å²) in [7, 11) is -7.04. The molecule has 0 N–H and O–H groups in total. The van der Waals surface area contributed by atoms with Crippen LogP contribution < -0.4 is 14.0 Å². The Balaban J connectivity index is 2.58. The van der Waals surface area contributed by atoms with Gasteiger partial charge in [-0.05, 0) is 30.7 Å². The average Bonchev–Trinajstić information content (AvgIpc) is 2.52. The summed E-state index contributed by atoms with van der Waals surface area (Å²) in [5.41, 5.74) is 0. The highest BCUT2D eigenvalue weighted by molar-refractivity contribution is 8.29. The van der Waals surface area contributed by atoms with Crippen LogP contribution in [0.3, 0.4) is 0 Å². The molecule has 22 heavy (non-hydrogen) atoms. The van der Waals surface area contributed by atoms with E-state index >= 15 is 0 Å². The van der Waals surface area contributed by atoms with Crippen molar-refractivity contribution in [1.29, 1.82) is 0 Å². The monoisotopic (exact) mass is 362 g/mol. The van der Waals surface area contributed by atoms with E-state index in [0.29, 0.717) is 27.8 Å². The van der Waals surface area contributed by atoms with Crippen LogP contribution in [-0.4, -0.2) is 11.6 Å². The number of hydrogen-bond acceptors (Lipinski definition) is 4. The largest absolute Gasteiger partial charge is 0.182 e. The van der Waals surface area contributed by atoms with Crippen LogP contribution in [-0.2, 0) is 3.74 Å². The summed E-state index contributed by atoms with van der Waals surface area (Å²) < 4.78 is 39.1. The zero-order valence-electron chi connectivity index (χ0n) is 11.7. The van der Waals surface area contributed by atoms with E-state index in [2.05, 4.69) is 0 Å². The summed E-state index contributed by atoms with van der Waals surface area (Å²) in [6.45, 7) is 0. The summed E-state index contributed by atoms with van der Waals surface area (Å²) in [5, 5.41) is 0. The molecule has 0 atom stereocenters. The highest BCUT2D eigenvalue weighted by Gasteiger charge is 2.43. The molecule has 0 bridgehead atoms. The second kappa shape index (κ2) is 7.66. The average molecular weight is 363 g/mol. The molecule has 0 saturated carbocycles. The van der Waals surface area contributed by atoms with E-state index in [4.69, 9.17) is 15.3 Å². The summed E-state index contributed by atoms with van der Waals surface area (Å²) in [5.74, 6) is 0.715. The zero-order valence-corrected chi connectivity index (χ0v) is 14.0. The van der Waals surface area contributed by atoms with Gasteiger partial charge in [-0.15, -0.1) is 11.6 Å². The van der Waals surface area contributed by atoms with E-state index in [9.17, 15) is 14.0 Å². The Hall–Kier alpha value is -0.790. The first-order valence-corrected chi connectivity index (χ1v) is 10.1. The van der Waals surface area contributed by atoms with Gasteiger partial charge in [0.1, 0.15) is 3.74 Å². The normalized spacial score (nSPS) is 13.1. The Bertz CT molecular complexity index is 536. The molecule has 7 heteroatoms. The van der Waals surface area contributed by atoms with Crippen LogP contribution in [0, 0.1) is 10.2 Å². The molecular formula is C15H16Cl2O4S. The molecule has 2 aromatic rings. The van der Waals surface area contributed by atoms with Crippen molar-refractivity contribution in [2.45, 2.75) is 16.2 Å². The molecular weight excluding hydrogens is 347 g/mol. The second-order valence-electron chi connectivity index (χ2n) is 4.49. The van der Waals surface area contributed by atoms with Crippen molar-refractivity contribution in [3.63, 3.8) is 0 Å². The van der Waals surface area contributed by atoms with E-state index in [1.54, 1.807) is 48.5 Å². The predicted octanol–water partition coefficient (Wildman–Crippen LogP) is 1.37. The van der Waals surface area contributed by atoms with Crippen LogP contribution in [0.25, 0.3) is 0 Å². The van der Waals surface area contributed by atoms with Gasteiger partial charge < -0.3 is 0 Å². The third-order valence-electron chi connectivity index (χ3n) is 3.00. The Morgan fingerprint density at radius 1 is 0.864 bits per heavy atom. The minimum absolute atomic E-state index is 0.355. The summed E-state index contributed by atoms with van der Waals surface area (Å²) in [4.78, 5) is 1.36. The van der Waals surface area contributed by atoms with Crippen LogP contribution in [0.4, 0.5) is 0 Å². The van der Waals surface area contributed by atoms with Crippen LogP contribution >= 0.6 is 21.9 Å². The molecule has 2 aromatic carbocycles. The standard InChI is InChI=1S/C15H16Cl2O4S/c16-12-7-13-22(21-17(18,19)20,14-8-3-1-4-9-14)15-10-5-2-6-11-15/h1-6,8-11H,7,12-13H2. The molecule has 0 unspecified atom stereocenters. The molecule has 0 aliphatic carbocycles. The molecule has 120 valence electrons. The molecule has 0 fully saturated rings. The molecule has 0 amide bonds. The molecule has 0 aliphatic rings. The van der Waals surface area contributed by atoms with Crippen molar-refractivity contribution in [3.8, 4) is 0 Å². The molecule has 2 rings (SSSR count). The van der Waals surface area contributed by atoms with Gasteiger partial charge in [-0.25, -0.2) is 0 Å². The fourth-order valence-corrected chi connectivity index (χ4v) is 6.81. The van der Waals surface area contributed by atoms with Crippen molar-refractivity contribution in [3.05, 3.63) is 60.7 Å². The molecule has 0 aliphatic heterocycles. The van der Waals surface area contributed by atoms with Gasteiger partial charge in [0.2, 0.25) is 0 Å².